The first-order valence-electron chi connectivity index (χ1n) is 10.1. The van der Waals surface area contributed by atoms with Gasteiger partial charge in [-0.05, 0) is 46.1 Å². The minimum absolute atomic E-state index is 0.0963. The molecule has 1 aliphatic rings. The lowest BCUT2D eigenvalue weighted by molar-refractivity contribution is 0.0767. The second-order valence-corrected chi connectivity index (χ2v) is 8.99. The van der Waals surface area contributed by atoms with Gasteiger partial charge in [0.2, 0.25) is 10.5 Å². The zero-order valence-electron chi connectivity index (χ0n) is 16.9. The van der Waals surface area contributed by atoms with Gasteiger partial charge < -0.3 is 4.43 Å². The maximum atomic E-state index is 6.33. The van der Waals surface area contributed by atoms with Gasteiger partial charge in [0.1, 0.15) is 5.60 Å². The summed E-state index contributed by atoms with van der Waals surface area (Å²) in [6, 6.07) is 28.2. The van der Waals surface area contributed by atoms with E-state index in [1.807, 2.05) is 0 Å². The van der Waals surface area contributed by atoms with Gasteiger partial charge in [-0.25, -0.2) is 0 Å². The number of hydrogen-bond acceptors (Lipinski definition) is 1. The predicted octanol–water partition coefficient (Wildman–Crippen LogP) is 6.06. The van der Waals surface area contributed by atoms with E-state index in [4.69, 9.17) is 4.43 Å². The third-order valence-corrected chi connectivity index (χ3v) is 6.45. The van der Waals surface area contributed by atoms with Gasteiger partial charge in [-0.2, -0.15) is 0 Å². The highest BCUT2D eigenvalue weighted by Crippen LogP contribution is 2.53. The molecule has 0 N–H and O–H groups in total. The van der Waals surface area contributed by atoms with E-state index in [0.29, 0.717) is 0 Å². The maximum Gasteiger partial charge on any atom is 0.248 e. The second kappa shape index (κ2) is 7.34. The molecule has 3 radical (unpaired) electrons. The first kappa shape index (κ1) is 19.2. The van der Waals surface area contributed by atoms with Crippen LogP contribution in [-0.4, -0.2) is 10.5 Å². The largest absolute Gasteiger partial charge is 0.405 e. The Balaban J connectivity index is 2.02. The van der Waals surface area contributed by atoms with Crippen LogP contribution in [0, 0.1) is 0 Å². The standard InChI is InChI=1S/C26H27OSi/c1-25(2,3)23-15-10-16-24-21(23)17-18-22(19-11-6-4-7-12-19)26(24,27-28)20-13-8-5-9-14-20/h4-16,22H,17-18H2,1-3H3. The molecule has 3 aromatic rings. The summed E-state index contributed by atoms with van der Waals surface area (Å²) in [5.74, 6) is 0.233. The summed E-state index contributed by atoms with van der Waals surface area (Å²) in [5, 5.41) is 0. The number of benzene rings is 3. The first-order chi connectivity index (χ1) is 13.5. The van der Waals surface area contributed by atoms with Crippen LogP contribution in [0.25, 0.3) is 0 Å². The summed E-state index contributed by atoms with van der Waals surface area (Å²) in [4.78, 5) is 0. The van der Waals surface area contributed by atoms with E-state index < -0.39 is 5.60 Å². The van der Waals surface area contributed by atoms with Gasteiger partial charge in [-0.15, -0.1) is 0 Å². The lowest BCUT2D eigenvalue weighted by atomic mass is 9.63. The predicted molar refractivity (Wildman–Crippen MR) is 117 cm³/mol. The molecule has 0 aromatic heterocycles. The highest BCUT2D eigenvalue weighted by atomic mass is 28.2. The molecule has 3 aromatic carbocycles. The van der Waals surface area contributed by atoms with Gasteiger partial charge in [0, 0.05) is 5.92 Å². The van der Waals surface area contributed by atoms with Gasteiger partial charge in [0.25, 0.3) is 0 Å². The number of fused-ring (bicyclic) bond motifs is 1. The Morgan fingerprint density at radius 1 is 0.857 bits per heavy atom. The number of hydrogen-bond donors (Lipinski definition) is 0. The Bertz CT molecular complexity index is 943. The van der Waals surface area contributed by atoms with Crippen LogP contribution in [0.4, 0.5) is 0 Å². The van der Waals surface area contributed by atoms with E-state index in [2.05, 4.69) is 110 Å². The van der Waals surface area contributed by atoms with Crippen molar-refractivity contribution in [2.75, 3.05) is 0 Å². The summed E-state index contributed by atoms with van der Waals surface area (Å²) < 4.78 is 6.33. The van der Waals surface area contributed by atoms with Crippen molar-refractivity contribution in [2.45, 2.75) is 50.5 Å². The monoisotopic (exact) mass is 383 g/mol. The molecular weight excluding hydrogens is 356 g/mol. The molecule has 0 amide bonds. The molecule has 0 heterocycles. The van der Waals surface area contributed by atoms with E-state index in [-0.39, 0.29) is 11.3 Å². The molecule has 0 bridgehead atoms. The molecule has 0 saturated heterocycles. The van der Waals surface area contributed by atoms with Crippen LogP contribution in [-0.2, 0) is 21.9 Å². The van der Waals surface area contributed by atoms with Crippen molar-refractivity contribution < 1.29 is 4.43 Å². The normalized spacial score (nSPS) is 21.9. The Kier molecular flexibility index (Phi) is 5.03. The SMILES string of the molecule is CC(C)(C)c1cccc2c1CCC(c1ccccc1)C2(O[Si])c1ccccc1. The number of rotatable bonds is 3. The Morgan fingerprint density at radius 2 is 1.50 bits per heavy atom. The van der Waals surface area contributed by atoms with Crippen LogP contribution in [0.2, 0.25) is 0 Å². The van der Waals surface area contributed by atoms with Gasteiger partial charge >= 0.3 is 0 Å². The highest BCUT2D eigenvalue weighted by molar-refractivity contribution is 5.98. The van der Waals surface area contributed by atoms with Crippen LogP contribution in [0.5, 0.6) is 0 Å². The zero-order chi connectivity index (χ0) is 19.8. The van der Waals surface area contributed by atoms with E-state index in [1.54, 1.807) is 0 Å². The van der Waals surface area contributed by atoms with Crippen molar-refractivity contribution >= 4 is 10.5 Å². The molecule has 0 spiro atoms. The third kappa shape index (κ3) is 3.05. The average Bonchev–Trinajstić information content (AvgIpc) is 2.73. The molecule has 2 atom stereocenters. The van der Waals surface area contributed by atoms with Crippen LogP contribution in [0.3, 0.4) is 0 Å². The molecule has 28 heavy (non-hydrogen) atoms. The molecule has 2 unspecified atom stereocenters. The first-order valence-corrected chi connectivity index (χ1v) is 10.5. The van der Waals surface area contributed by atoms with E-state index in [9.17, 15) is 0 Å². The molecule has 0 saturated carbocycles. The molecule has 2 heteroatoms. The summed E-state index contributed by atoms with van der Waals surface area (Å²) in [5.41, 5.74) is 6.17. The summed E-state index contributed by atoms with van der Waals surface area (Å²) in [6.07, 6.45) is 2.11. The summed E-state index contributed by atoms with van der Waals surface area (Å²) in [7, 11) is 3.55. The quantitative estimate of drug-likeness (QED) is 0.500. The zero-order valence-corrected chi connectivity index (χ0v) is 17.9. The lowest BCUT2D eigenvalue weighted by Crippen LogP contribution is -2.42. The molecule has 1 aliphatic carbocycles. The smallest absolute Gasteiger partial charge is 0.248 e. The van der Waals surface area contributed by atoms with Gasteiger partial charge in [0.15, 0.2) is 0 Å². The third-order valence-electron chi connectivity index (χ3n) is 6.12. The fraction of sp³-hybridized carbons (Fsp3) is 0.308. The Labute approximate surface area is 172 Å². The van der Waals surface area contributed by atoms with Crippen molar-refractivity contribution in [3.63, 3.8) is 0 Å². The fourth-order valence-corrected chi connectivity index (χ4v) is 5.27. The van der Waals surface area contributed by atoms with E-state index in [1.165, 1.54) is 27.8 Å². The summed E-state index contributed by atoms with van der Waals surface area (Å²) >= 11 is 0. The molecule has 4 rings (SSSR count). The minimum atomic E-state index is -0.561. The molecule has 0 fully saturated rings. The molecular formula is C26H27OSi. The molecule has 0 aliphatic heterocycles. The van der Waals surface area contributed by atoms with Crippen molar-refractivity contribution in [2.24, 2.45) is 0 Å². The van der Waals surface area contributed by atoms with Crippen LogP contribution < -0.4 is 0 Å². The van der Waals surface area contributed by atoms with E-state index >= 15 is 0 Å². The lowest BCUT2D eigenvalue weighted by Gasteiger charge is -2.47. The maximum absolute atomic E-state index is 6.33. The Hall–Kier alpha value is -2.16. The molecule has 1 nitrogen and oxygen atoms in total. The summed E-state index contributed by atoms with van der Waals surface area (Å²) in [6.45, 7) is 6.89. The van der Waals surface area contributed by atoms with Gasteiger partial charge in [-0.3, -0.25) is 0 Å². The minimum Gasteiger partial charge on any atom is -0.405 e. The van der Waals surface area contributed by atoms with Crippen LogP contribution >= 0.6 is 0 Å². The fourth-order valence-electron chi connectivity index (χ4n) is 4.90. The van der Waals surface area contributed by atoms with Crippen molar-refractivity contribution in [3.8, 4) is 0 Å². The van der Waals surface area contributed by atoms with E-state index in [0.717, 1.165) is 12.8 Å². The highest BCUT2D eigenvalue weighted by Gasteiger charge is 2.47. The topological polar surface area (TPSA) is 9.23 Å². The van der Waals surface area contributed by atoms with Gasteiger partial charge in [-0.1, -0.05) is 99.6 Å². The van der Waals surface area contributed by atoms with Crippen LogP contribution in [0.15, 0.2) is 78.9 Å². The van der Waals surface area contributed by atoms with Gasteiger partial charge in [0.05, 0.1) is 0 Å². The van der Waals surface area contributed by atoms with Crippen molar-refractivity contribution in [1.82, 2.24) is 0 Å². The Morgan fingerprint density at radius 3 is 2.11 bits per heavy atom. The van der Waals surface area contributed by atoms with Crippen molar-refractivity contribution in [1.29, 1.82) is 0 Å². The average molecular weight is 384 g/mol. The van der Waals surface area contributed by atoms with Crippen LogP contribution in [0.1, 0.15) is 60.9 Å². The van der Waals surface area contributed by atoms with Crippen molar-refractivity contribution in [3.05, 3.63) is 107 Å². The molecule has 141 valence electrons. The second-order valence-electron chi connectivity index (χ2n) is 8.79.